The van der Waals surface area contributed by atoms with Gasteiger partial charge in [0.2, 0.25) is 0 Å². The van der Waals surface area contributed by atoms with Crippen molar-refractivity contribution >= 4 is 39.6 Å². The van der Waals surface area contributed by atoms with Gasteiger partial charge in [-0.05, 0) is 59.9 Å². The van der Waals surface area contributed by atoms with Crippen LogP contribution in [0.15, 0.2) is 53.2 Å². The number of rotatable bonds is 4. The van der Waals surface area contributed by atoms with E-state index in [1.54, 1.807) is 22.7 Å². The Labute approximate surface area is 184 Å². The molecule has 0 radical (unpaired) electrons. The largest absolute Gasteiger partial charge is 0.349 e. The number of carbonyl (C=O) groups is 1. The second-order valence-corrected chi connectivity index (χ2v) is 9.82. The minimum absolute atomic E-state index is 0.0162. The van der Waals surface area contributed by atoms with E-state index in [9.17, 15) is 4.79 Å². The van der Waals surface area contributed by atoms with Gasteiger partial charge in [0.1, 0.15) is 11.4 Å². The molecule has 1 aromatic carbocycles. The Morgan fingerprint density at radius 3 is 2.23 bits per heavy atom. The Balaban J connectivity index is 1.53. The second kappa shape index (κ2) is 8.28. The smallest absolute Gasteiger partial charge is 0.251 e. The van der Waals surface area contributed by atoms with Crippen LogP contribution in [0, 0.1) is 5.92 Å². The molecule has 1 N–H and O–H groups in total. The third-order valence-corrected chi connectivity index (χ3v) is 7.62. The van der Waals surface area contributed by atoms with E-state index in [1.165, 1.54) is 19.3 Å². The number of nitrogens with zero attached hydrogens (tertiary/aromatic N) is 2. The minimum Gasteiger partial charge on any atom is -0.349 e. The fourth-order valence-electron chi connectivity index (χ4n) is 4.15. The number of amides is 1. The molecule has 0 saturated heterocycles. The lowest BCUT2D eigenvalue weighted by Crippen LogP contribution is -2.41. The first kappa shape index (κ1) is 19.4. The van der Waals surface area contributed by atoms with Gasteiger partial charge < -0.3 is 5.32 Å². The van der Waals surface area contributed by atoms with Gasteiger partial charge in [0, 0.05) is 11.6 Å². The van der Waals surface area contributed by atoms with Gasteiger partial charge in [-0.1, -0.05) is 31.9 Å². The molecule has 1 fully saturated rings. The number of aromatic nitrogens is 2. The Bertz CT molecular complexity index is 1170. The van der Waals surface area contributed by atoms with Crippen molar-refractivity contribution in [2.75, 3.05) is 0 Å². The maximum Gasteiger partial charge on any atom is 0.251 e. The highest BCUT2D eigenvalue weighted by Crippen LogP contribution is 2.35. The number of thiophene rings is 2. The number of nitrogens with one attached hydrogen (secondary N) is 1. The van der Waals surface area contributed by atoms with Crippen molar-refractivity contribution < 1.29 is 4.79 Å². The molecule has 6 heteroatoms. The average molecular weight is 434 g/mol. The summed E-state index contributed by atoms with van der Waals surface area (Å²) in [5.74, 6) is 0.513. The summed E-state index contributed by atoms with van der Waals surface area (Å²) in [5, 5.41) is 7.35. The van der Waals surface area contributed by atoms with Crippen molar-refractivity contribution in [2.45, 2.75) is 38.6 Å². The fourth-order valence-corrected chi connectivity index (χ4v) is 5.58. The molecule has 0 aliphatic heterocycles. The van der Waals surface area contributed by atoms with Crippen LogP contribution < -0.4 is 5.32 Å². The van der Waals surface area contributed by atoms with Crippen molar-refractivity contribution in [1.82, 2.24) is 15.3 Å². The molecule has 30 heavy (non-hydrogen) atoms. The molecule has 0 unspecified atom stereocenters. The molecular weight excluding hydrogens is 410 g/mol. The summed E-state index contributed by atoms with van der Waals surface area (Å²) in [4.78, 5) is 25.0. The zero-order valence-electron chi connectivity index (χ0n) is 16.8. The van der Waals surface area contributed by atoms with Crippen LogP contribution in [0.25, 0.3) is 32.2 Å². The lowest BCUT2D eigenvalue weighted by atomic mass is 9.86. The van der Waals surface area contributed by atoms with Crippen LogP contribution in [0.4, 0.5) is 0 Å². The van der Waals surface area contributed by atoms with Gasteiger partial charge in [-0.2, -0.15) is 0 Å². The maximum atomic E-state index is 12.9. The fraction of sp³-hybridized carbons (Fsp3) is 0.292. The standard InChI is InChI=1S/C24H23N3OS2/c1-15-6-2-3-7-17(15)27-24(28)16-10-11-18-19(14-16)26-23(21-9-5-13-30-21)22(25-18)20-8-4-12-29-20/h4-5,8-15,17H,2-3,6-7H2,1H3,(H,27,28)/t15-,17-/m0/s1. The maximum absolute atomic E-state index is 12.9. The lowest BCUT2D eigenvalue weighted by Gasteiger charge is -2.29. The molecule has 1 aliphatic carbocycles. The van der Waals surface area contributed by atoms with Crippen LogP contribution >= 0.6 is 22.7 Å². The third kappa shape index (κ3) is 3.77. The van der Waals surface area contributed by atoms with Gasteiger partial charge in [0.05, 0.1) is 20.8 Å². The number of benzene rings is 1. The Morgan fingerprint density at radius 1 is 0.933 bits per heavy atom. The Kier molecular flexibility index (Phi) is 5.35. The highest BCUT2D eigenvalue weighted by atomic mass is 32.1. The van der Waals surface area contributed by atoms with E-state index in [-0.39, 0.29) is 11.9 Å². The van der Waals surface area contributed by atoms with Crippen molar-refractivity contribution in [3.8, 4) is 21.1 Å². The first-order chi connectivity index (χ1) is 14.7. The van der Waals surface area contributed by atoms with Gasteiger partial charge in [0.25, 0.3) is 5.91 Å². The van der Waals surface area contributed by atoms with Crippen LogP contribution in [0.5, 0.6) is 0 Å². The molecule has 5 rings (SSSR count). The molecule has 1 aliphatic rings. The van der Waals surface area contributed by atoms with Crippen LogP contribution in [-0.4, -0.2) is 21.9 Å². The zero-order valence-corrected chi connectivity index (χ0v) is 18.4. The lowest BCUT2D eigenvalue weighted by molar-refractivity contribution is 0.0910. The van der Waals surface area contributed by atoms with Crippen LogP contribution in [0.3, 0.4) is 0 Å². The van der Waals surface area contributed by atoms with E-state index < -0.39 is 0 Å². The zero-order chi connectivity index (χ0) is 20.5. The number of carbonyl (C=O) groups excluding carboxylic acids is 1. The Hall–Kier alpha value is -2.57. The molecule has 1 saturated carbocycles. The van der Waals surface area contributed by atoms with E-state index in [1.807, 2.05) is 30.3 Å². The molecule has 4 nitrogen and oxygen atoms in total. The van der Waals surface area contributed by atoms with Crippen molar-refractivity contribution in [3.63, 3.8) is 0 Å². The molecule has 3 aromatic heterocycles. The topological polar surface area (TPSA) is 54.9 Å². The van der Waals surface area contributed by atoms with E-state index in [0.717, 1.165) is 38.6 Å². The summed E-state index contributed by atoms with van der Waals surface area (Å²) in [6.07, 6.45) is 4.70. The van der Waals surface area contributed by atoms with Gasteiger partial charge in [-0.15, -0.1) is 22.7 Å². The quantitative estimate of drug-likeness (QED) is 0.405. The summed E-state index contributed by atoms with van der Waals surface area (Å²) in [6, 6.07) is 14.1. The van der Waals surface area contributed by atoms with Gasteiger partial charge in [-0.25, -0.2) is 9.97 Å². The first-order valence-electron chi connectivity index (χ1n) is 10.4. The molecule has 4 aromatic rings. The van der Waals surface area contributed by atoms with Crippen LogP contribution in [0.2, 0.25) is 0 Å². The molecule has 0 spiro atoms. The predicted octanol–water partition coefficient (Wildman–Crippen LogP) is 6.40. The molecule has 3 heterocycles. The molecular formula is C24H23N3OS2. The molecule has 2 atom stereocenters. The average Bonchev–Trinajstić information content (AvgIpc) is 3.48. The second-order valence-electron chi connectivity index (χ2n) is 7.92. The summed E-state index contributed by atoms with van der Waals surface area (Å²) in [5.41, 5.74) is 3.98. The minimum atomic E-state index is -0.0162. The molecule has 1 amide bonds. The highest BCUT2D eigenvalue weighted by molar-refractivity contribution is 7.14. The van der Waals surface area contributed by atoms with E-state index >= 15 is 0 Å². The SMILES string of the molecule is C[C@H]1CCCC[C@@H]1NC(=O)c1ccc2nc(-c3cccs3)c(-c3cccs3)nc2c1. The summed E-state index contributed by atoms with van der Waals surface area (Å²) in [6.45, 7) is 2.23. The third-order valence-electron chi connectivity index (χ3n) is 5.86. The normalized spacial score (nSPS) is 19.1. The molecule has 152 valence electrons. The van der Waals surface area contributed by atoms with Crippen molar-refractivity contribution in [1.29, 1.82) is 0 Å². The van der Waals surface area contributed by atoms with Gasteiger partial charge >= 0.3 is 0 Å². The van der Waals surface area contributed by atoms with Gasteiger partial charge in [-0.3, -0.25) is 4.79 Å². The number of hydrogen-bond donors (Lipinski definition) is 1. The molecule has 0 bridgehead atoms. The van der Waals surface area contributed by atoms with E-state index in [0.29, 0.717) is 11.5 Å². The first-order valence-corrected chi connectivity index (χ1v) is 12.2. The monoisotopic (exact) mass is 433 g/mol. The van der Waals surface area contributed by atoms with Crippen LogP contribution in [0.1, 0.15) is 43.0 Å². The van der Waals surface area contributed by atoms with Crippen molar-refractivity contribution in [2.24, 2.45) is 5.92 Å². The number of hydrogen-bond acceptors (Lipinski definition) is 5. The number of fused-ring (bicyclic) bond motifs is 1. The van der Waals surface area contributed by atoms with E-state index in [2.05, 4.69) is 35.1 Å². The van der Waals surface area contributed by atoms with Crippen molar-refractivity contribution in [3.05, 3.63) is 58.8 Å². The van der Waals surface area contributed by atoms with E-state index in [4.69, 9.17) is 9.97 Å². The summed E-state index contributed by atoms with van der Waals surface area (Å²) < 4.78 is 0. The predicted molar refractivity (Wildman–Crippen MR) is 125 cm³/mol. The van der Waals surface area contributed by atoms with Gasteiger partial charge in [0.15, 0.2) is 0 Å². The summed E-state index contributed by atoms with van der Waals surface area (Å²) in [7, 11) is 0. The van der Waals surface area contributed by atoms with Crippen LogP contribution in [-0.2, 0) is 0 Å². The highest BCUT2D eigenvalue weighted by Gasteiger charge is 2.23. The Morgan fingerprint density at radius 2 is 1.60 bits per heavy atom. The summed E-state index contributed by atoms with van der Waals surface area (Å²) >= 11 is 3.31.